The van der Waals surface area contributed by atoms with Gasteiger partial charge in [-0.15, -0.1) is 0 Å². The van der Waals surface area contributed by atoms with Crippen molar-refractivity contribution >= 4 is 5.97 Å². The number of aliphatic carboxylic acids is 1. The zero-order valence-corrected chi connectivity index (χ0v) is 7.58. The van der Waals surface area contributed by atoms with E-state index < -0.39 is 29.3 Å². The number of hydrogen-bond donors (Lipinski definition) is 5. The maximum absolute atomic E-state index is 10.3. The van der Waals surface area contributed by atoms with E-state index in [2.05, 4.69) is 0 Å². The van der Waals surface area contributed by atoms with Gasteiger partial charge in [0, 0.05) is 6.42 Å². The Balaban J connectivity index is 2.92. The quantitative estimate of drug-likeness (QED) is 0.444. The van der Waals surface area contributed by atoms with E-state index in [4.69, 9.17) is 25.5 Å². The predicted octanol–water partition coefficient (Wildman–Crippen LogP) is -0.209. The number of hydrogen-bond acceptors (Lipinski definition) is 5. The summed E-state index contributed by atoms with van der Waals surface area (Å²) in [6.07, 6.45) is -1.88. The molecule has 0 unspecified atom stereocenters. The van der Waals surface area contributed by atoms with Crippen molar-refractivity contribution in [2.45, 2.75) is 12.5 Å². The van der Waals surface area contributed by atoms with Gasteiger partial charge in [-0.2, -0.15) is 0 Å². The molecule has 0 aliphatic heterocycles. The molecule has 0 heterocycles. The first-order valence-electron chi connectivity index (χ1n) is 4.06. The van der Waals surface area contributed by atoms with Crippen LogP contribution in [0.4, 0.5) is 0 Å². The second kappa shape index (κ2) is 4.05. The first-order valence-corrected chi connectivity index (χ1v) is 4.06. The Bertz CT molecular complexity index is 363. The number of carboxylic acids is 1. The lowest BCUT2D eigenvalue weighted by molar-refractivity contribution is -0.146. The molecule has 1 aromatic rings. The van der Waals surface area contributed by atoms with Crippen molar-refractivity contribution in [1.29, 1.82) is 0 Å². The molecule has 0 radical (unpaired) electrons. The van der Waals surface area contributed by atoms with Gasteiger partial charge in [0.1, 0.15) is 0 Å². The van der Waals surface area contributed by atoms with Crippen molar-refractivity contribution in [2.24, 2.45) is 0 Å². The number of aromatic hydroxyl groups is 3. The Kier molecular flexibility index (Phi) is 3.01. The fraction of sp³-hybridized carbons (Fsp3) is 0.222. The smallest absolute Gasteiger partial charge is 0.332 e. The minimum atomic E-state index is -1.62. The van der Waals surface area contributed by atoms with E-state index in [0.717, 1.165) is 12.1 Å². The highest BCUT2D eigenvalue weighted by atomic mass is 16.4. The summed E-state index contributed by atoms with van der Waals surface area (Å²) in [5.74, 6) is -3.21. The van der Waals surface area contributed by atoms with E-state index in [-0.39, 0.29) is 12.0 Å². The van der Waals surface area contributed by atoms with Gasteiger partial charge in [0.05, 0.1) is 0 Å². The highest BCUT2D eigenvalue weighted by Crippen LogP contribution is 2.35. The van der Waals surface area contributed by atoms with Crippen LogP contribution in [0.1, 0.15) is 5.56 Å². The number of carbonyl (C=O) groups is 1. The third-order valence-corrected chi connectivity index (χ3v) is 1.84. The van der Waals surface area contributed by atoms with Gasteiger partial charge in [-0.1, -0.05) is 0 Å². The zero-order valence-electron chi connectivity index (χ0n) is 7.58. The van der Waals surface area contributed by atoms with Crippen LogP contribution in [0.15, 0.2) is 12.1 Å². The molecule has 1 aromatic carbocycles. The SMILES string of the molecule is O=C(O)[C@H](O)Cc1cc(O)c(O)c(O)c1. The van der Waals surface area contributed by atoms with Crippen LogP contribution in [-0.4, -0.2) is 37.6 Å². The predicted molar refractivity (Wildman–Crippen MR) is 48.8 cm³/mol. The van der Waals surface area contributed by atoms with E-state index in [1.807, 2.05) is 0 Å². The summed E-state index contributed by atoms with van der Waals surface area (Å²) in [5.41, 5.74) is 0.206. The molecule has 82 valence electrons. The average molecular weight is 214 g/mol. The van der Waals surface area contributed by atoms with Gasteiger partial charge in [0.25, 0.3) is 0 Å². The first-order chi connectivity index (χ1) is 6.91. The number of aliphatic hydroxyl groups is 1. The number of phenolic OH excluding ortho intramolecular Hbond substituents is 3. The zero-order chi connectivity index (χ0) is 11.6. The Morgan fingerprint density at radius 1 is 1.20 bits per heavy atom. The van der Waals surface area contributed by atoms with Gasteiger partial charge in [0.2, 0.25) is 0 Å². The Morgan fingerprint density at radius 2 is 1.67 bits per heavy atom. The molecule has 1 rings (SSSR count). The van der Waals surface area contributed by atoms with Crippen molar-refractivity contribution in [1.82, 2.24) is 0 Å². The summed E-state index contributed by atoms with van der Waals surface area (Å²) in [7, 11) is 0. The number of aliphatic hydroxyl groups excluding tert-OH is 1. The van der Waals surface area contributed by atoms with Crippen molar-refractivity contribution in [3.05, 3.63) is 17.7 Å². The molecule has 1 atom stereocenters. The molecule has 5 N–H and O–H groups in total. The molecule has 0 fully saturated rings. The number of benzene rings is 1. The largest absolute Gasteiger partial charge is 0.504 e. The normalized spacial score (nSPS) is 12.3. The molecular formula is C9H10O6. The molecule has 0 aliphatic rings. The Labute approximate surface area is 84.7 Å². The van der Waals surface area contributed by atoms with Gasteiger partial charge in [-0.25, -0.2) is 4.79 Å². The van der Waals surface area contributed by atoms with E-state index in [0.29, 0.717) is 0 Å². The van der Waals surface area contributed by atoms with Crippen LogP contribution in [0.3, 0.4) is 0 Å². The minimum Gasteiger partial charge on any atom is -0.504 e. The van der Waals surface area contributed by atoms with Crippen molar-refractivity contribution in [3.8, 4) is 17.2 Å². The van der Waals surface area contributed by atoms with Crippen LogP contribution in [0.25, 0.3) is 0 Å². The lowest BCUT2D eigenvalue weighted by atomic mass is 10.1. The van der Waals surface area contributed by atoms with Crippen LogP contribution < -0.4 is 0 Å². The monoisotopic (exact) mass is 214 g/mol. The average Bonchev–Trinajstić information content (AvgIpc) is 2.13. The molecule has 0 aliphatic carbocycles. The van der Waals surface area contributed by atoms with Crippen molar-refractivity contribution < 1.29 is 30.3 Å². The van der Waals surface area contributed by atoms with Crippen molar-refractivity contribution in [2.75, 3.05) is 0 Å². The van der Waals surface area contributed by atoms with Crippen molar-refractivity contribution in [3.63, 3.8) is 0 Å². The van der Waals surface area contributed by atoms with E-state index in [9.17, 15) is 4.79 Å². The third-order valence-electron chi connectivity index (χ3n) is 1.84. The first kappa shape index (κ1) is 11.1. The fourth-order valence-electron chi connectivity index (χ4n) is 1.09. The molecule has 15 heavy (non-hydrogen) atoms. The third kappa shape index (κ3) is 2.50. The summed E-state index contributed by atoms with van der Waals surface area (Å²) < 4.78 is 0. The van der Waals surface area contributed by atoms with Gasteiger partial charge in [0.15, 0.2) is 23.4 Å². The van der Waals surface area contributed by atoms with E-state index in [1.165, 1.54) is 0 Å². The highest BCUT2D eigenvalue weighted by molar-refractivity contribution is 5.72. The molecule has 6 nitrogen and oxygen atoms in total. The number of phenols is 3. The number of carboxylic acid groups (broad SMARTS) is 1. The number of rotatable bonds is 3. The molecule has 0 bridgehead atoms. The summed E-state index contributed by atoms with van der Waals surface area (Å²) >= 11 is 0. The Hall–Kier alpha value is -1.95. The Morgan fingerprint density at radius 3 is 2.07 bits per heavy atom. The second-order valence-electron chi connectivity index (χ2n) is 3.04. The topological polar surface area (TPSA) is 118 Å². The summed E-state index contributed by atoms with van der Waals surface area (Å²) in [4.78, 5) is 10.3. The molecule has 0 saturated carbocycles. The molecular weight excluding hydrogens is 204 g/mol. The lowest BCUT2D eigenvalue weighted by Gasteiger charge is -2.07. The minimum absolute atomic E-state index is 0.206. The summed E-state index contributed by atoms with van der Waals surface area (Å²) in [6, 6.07) is 2.14. The summed E-state index contributed by atoms with van der Waals surface area (Å²) in [6.45, 7) is 0. The van der Waals surface area contributed by atoms with E-state index >= 15 is 0 Å². The second-order valence-corrected chi connectivity index (χ2v) is 3.04. The molecule has 6 heteroatoms. The van der Waals surface area contributed by atoms with Crippen LogP contribution >= 0.6 is 0 Å². The van der Waals surface area contributed by atoms with Gasteiger partial charge in [-0.3, -0.25) is 0 Å². The van der Waals surface area contributed by atoms with E-state index in [1.54, 1.807) is 0 Å². The maximum atomic E-state index is 10.3. The molecule has 0 saturated heterocycles. The molecule has 0 spiro atoms. The van der Waals surface area contributed by atoms with Crippen LogP contribution in [0.5, 0.6) is 17.2 Å². The molecule has 0 amide bonds. The van der Waals surface area contributed by atoms with Gasteiger partial charge >= 0.3 is 5.97 Å². The fourth-order valence-corrected chi connectivity index (χ4v) is 1.09. The highest BCUT2D eigenvalue weighted by Gasteiger charge is 2.16. The van der Waals surface area contributed by atoms with Gasteiger partial charge < -0.3 is 25.5 Å². The van der Waals surface area contributed by atoms with Crippen LogP contribution in [0, 0.1) is 0 Å². The molecule has 0 aromatic heterocycles. The standard InChI is InChI=1S/C9H10O6/c10-5-1-4(2-6(11)8(5)13)3-7(12)9(14)15/h1-2,7,10-13H,3H2,(H,14,15)/t7-/m1/s1. The van der Waals surface area contributed by atoms with Crippen LogP contribution in [-0.2, 0) is 11.2 Å². The van der Waals surface area contributed by atoms with Gasteiger partial charge in [-0.05, 0) is 17.7 Å². The maximum Gasteiger partial charge on any atom is 0.332 e. The lowest BCUT2D eigenvalue weighted by Crippen LogP contribution is -2.21. The van der Waals surface area contributed by atoms with Crippen LogP contribution in [0.2, 0.25) is 0 Å². The summed E-state index contributed by atoms with van der Waals surface area (Å²) in [5, 5.41) is 44.6.